The second-order valence-corrected chi connectivity index (χ2v) is 6.70. The Labute approximate surface area is 127 Å². The summed E-state index contributed by atoms with van der Waals surface area (Å²) in [7, 11) is 0. The molecule has 2 aromatic rings. The van der Waals surface area contributed by atoms with E-state index in [1.807, 2.05) is 10.3 Å². The standard InChI is InChI=1S/C15H18N4OS/c1-2-12-17-14(11-5-6-21-15(11)18-12)16-9-7-13(20)19(8-9)10-3-4-10/h5-6,9-10H,2-4,7-8H2,1H3,(H,16,17,18). The summed E-state index contributed by atoms with van der Waals surface area (Å²) in [6, 6.07) is 2.72. The number of hydrogen-bond acceptors (Lipinski definition) is 5. The third kappa shape index (κ3) is 2.37. The van der Waals surface area contributed by atoms with Gasteiger partial charge in [0.1, 0.15) is 16.5 Å². The number of hydrogen-bond donors (Lipinski definition) is 1. The van der Waals surface area contributed by atoms with Gasteiger partial charge in [0.15, 0.2) is 0 Å². The van der Waals surface area contributed by atoms with Crippen molar-refractivity contribution in [3.63, 3.8) is 0 Å². The zero-order valence-electron chi connectivity index (χ0n) is 12.0. The number of nitrogens with zero attached hydrogens (tertiary/aromatic N) is 3. The quantitative estimate of drug-likeness (QED) is 0.942. The Kier molecular flexibility index (Phi) is 3.06. The van der Waals surface area contributed by atoms with Crippen molar-refractivity contribution in [2.75, 3.05) is 11.9 Å². The van der Waals surface area contributed by atoms with Crippen LogP contribution in [0, 0.1) is 0 Å². The van der Waals surface area contributed by atoms with Crippen LogP contribution in [0.1, 0.15) is 32.0 Å². The molecule has 110 valence electrons. The minimum absolute atomic E-state index is 0.167. The molecule has 2 aromatic heterocycles. The van der Waals surface area contributed by atoms with E-state index in [1.165, 1.54) is 12.8 Å². The average molecular weight is 302 g/mol. The van der Waals surface area contributed by atoms with Gasteiger partial charge in [-0.2, -0.15) is 0 Å². The molecular weight excluding hydrogens is 284 g/mol. The van der Waals surface area contributed by atoms with Gasteiger partial charge in [-0.25, -0.2) is 9.97 Å². The fourth-order valence-corrected chi connectivity index (χ4v) is 3.71. The first kappa shape index (κ1) is 13.0. The van der Waals surface area contributed by atoms with Crippen LogP contribution in [0.5, 0.6) is 0 Å². The van der Waals surface area contributed by atoms with E-state index < -0.39 is 0 Å². The summed E-state index contributed by atoms with van der Waals surface area (Å²) < 4.78 is 0. The zero-order chi connectivity index (χ0) is 14.4. The molecule has 21 heavy (non-hydrogen) atoms. The number of thiophene rings is 1. The van der Waals surface area contributed by atoms with E-state index in [4.69, 9.17) is 0 Å². The molecule has 5 nitrogen and oxygen atoms in total. The van der Waals surface area contributed by atoms with Crippen molar-refractivity contribution in [3.05, 3.63) is 17.3 Å². The topological polar surface area (TPSA) is 58.1 Å². The van der Waals surface area contributed by atoms with E-state index in [0.29, 0.717) is 12.5 Å². The summed E-state index contributed by atoms with van der Waals surface area (Å²) in [5, 5.41) is 6.59. The summed E-state index contributed by atoms with van der Waals surface area (Å²) in [4.78, 5) is 24.3. The lowest BCUT2D eigenvalue weighted by Gasteiger charge is -2.17. The molecule has 1 unspecified atom stereocenters. The van der Waals surface area contributed by atoms with Crippen LogP contribution < -0.4 is 5.32 Å². The number of likely N-dealkylation sites (tertiary alicyclic amines) is 1. The molecule has 1 saturated carbocycles. The van der Waals surface area contributed by atoms with Crippen molar-refractivity contribution in [2.45, 2.75) is 44.7 Å². The van der Waals surface area contributed by atoms with E-state index in [0.717, 1.165) is 34.8 Å². The number of aryl methyl sites for hydroxylation is 1. The average Bonchev–Trinajstić information content (AvgIpc) is 3.09. The molecule has 1 aliphatic heterocycles. The highest BCUT2D eigenvalue weighted by Crippen LogP contribution is 2.32. The molecule has 0 spiro atoms. The van der Waals surface area contributed by atoms with Gasteiger partial charge in [-0.3, -0.25) is 4.79 Å². The van der Waals surface area contributed by atoms with Crippen LogP contribution in [0.3, 0.4) is 0 Å². The van der Waals surface area contributed by atoms with Crippen LogP contribution in [0.4, 0.5) is 5.82 Å². The maximum atomic E-state index is 12.0. The number of amides is 1. The van der Waals surface area contributed by atoms with Gasteiger partial charge in [0.05, 0.1) is 11.4 Å². The Bertz CT molecular complexity index is 694. The number of rotatable bonds is 4. The molecule has 3 heterocycles. The van der Waals surface area contributed by atoms with E-state index >= 15 is 0 Å². The van der Waals surface area contributed by atoms with Gasteiger partial charge in [0, 0.05) is 25.4 Å². The first-order chi connectivity index (χ1) is 10.2. The third-order valence-electron chi connectivity index (χ3n) is 4.17. The number of nitrogens with one attached hydrogen (secondary N) is 1. The Morgan fingerprint density at radius 1 is 1.43 bits per heavy atom. The molecule has 1 N–H and O–H groups in total. The molecule has 1 amide bonds. The predicted octanol–water partition coefficient (Wildman–Crippen LogP) is 2.43. The number of fused-ring (bicyclic) bond motifs is 1. The minimum Gasteiger partial charge on any atom is -0.364 e. The lowest BCUT2D eigenvalue weighted by molar-refractivity contribution is -0.128. The van der Waals surface area contributed by atoms with Gasteiger partial charge in [0.2, 0.25) is 5.91 Å². The van der Waals surface area contributed by atoms with E-state index in [1.54, 1.807) is 11.3 Å². The second-order valence-electron chi connectivity index (χ2n) is 5.80. The first-order valence-electron chi connectivity index (χ1n) is 7.54. The highest BCUT2D eigenvalue weighted by Gasteiger charge is 2.39. The Morgan fingerprint density at radius 3 is 3.05 bits per heavy atom. The fraction of sp³-hybridized carbons (Fsp3) is 0.533. The minimum atomic E-state index is 0.167. The molecule has 0 aromatic carbocycles. The number of carbonyl (C=O) groups is 1. The van der Waals surface area contributed by atoms with Crippen LogP contribution >= 0.6 is 11.3 Å². The van der Waals surface area contributed by atoms with Gasteiger partial charge in [-0.05, 0) is 24.3 Å². The van der Waals surface area contributed by atoms with Crippen molar-refractivity contribution in [1.29, 1.82) is 0 Å². The Balaban J connectivity index is 1.59. The van der Waals surface area contributed by atoms with E-state index in [-0.39, 0.29) is 11.9 Å². The normalized spacial score (nSPS) is 22.2. The molecule has 4 rings (SSSR count). The fourth-order valence-electron chi connectivity index (χ4n) is 2.93. The Hall–Kier alpha value is -1.69. The lowest BCUT2D eigenvalue weighted by Crippen LogP contribution is -2.30. The van der Waals surface area contributed by atoms with Crippen LogP contribution in [-0.4, -0.2) is 39.4 Å². The molecule has 2 fully saturated rings. The van der Waals surface area contributed by atoms with E-state index in [2.05, 4.69) is 28.3 Å². The van der Waals surface area contributed by atoms with Crippen molar-refractivity contribution in [3.8, 4) is 0 Å². The number of carbonyl (C=O) groups excluding carboxylic acids is 1. The molecule has 2 aliphatic rings. The number of anilines is 1. The van der Waals surface area contributed by atoms with Crippen LogP contribution in [0.2, 0.25) is 0 Å². The molecule has 1 aliphatic carbocycles. The molecule has 1 saturated heterocycles. The molecule has 0 bridgehead atoms. The second kappa shape index (κ2) is 4.94. The summed E-state index contributed by atoms with van der Waals surface area (Å²) in [6.45, 7) is 2.87. The van der Waals surface area contributed by atoms with Crippen LogP contribution in [0.25, 0.3) is 10.2 Å². The van der Waals surface area contributed by atoms with Crippen molar-refractivity contribution < 1.29 is 4.79 Å². The predicted molar refractivity (Wildman–Crippen MR) is 83.6 cm³/mol. The summed E-state index contributed by atoms with van der Waals surface area (Å²) in [5.41, 5.74) is 0. The summed E-state index contributed by atoms with van der Waals surface area (Å²) in [5.74, 6) is 2.02. The highest BCUT2D eigenvalue weighted by atomic mass is 32.1. The number of aromatic nitrogens is 2. The highest BCUT2D eigenvalue weighted by molar-refractivity contribution is 7.16. The summed E-state index contributed by atoms with van der Waals surface area (Å²) >= 11 is 1.64. The van der Waals surface area contributed by atoms with Gasteiger partial charge in [-0.15, -0.1) is 11.3 Å². The Morgan fingerprint density at radius 2 is 2.29 bits per heavy atom. The zero-order valence-corrected chi connectivity index (χ0v) is 12.8. The van der Waals surface area contributed by atoms with Crippen molar-refractivity contribution >= 4 is 33.3 Å². The van der Waals surface area contributed by atoms with Crippen molar-refractivity contribution in [2.24, 2.45) is 0 Å². The maximum absolute atomic E-state index is 12.0. The maximum Gasteiger partial charge on any atom is 0.225 e. The molecule has 1 atom stereocenters. The van der Waals surface area contributed by atoms with Crippen LogP contribution in [0.15, 0.2) is 11.4 Å². The van der Waals surface area contributed by atoms with Gasteiger partial charge >= 0.3 is 0 Å². The molecular formula is C15H18N4OS. The van der Waals surface area contributed by atoms with Crippen molar-refractivity contribution in [1.82, 2.24) is 14.9 Å². The third-order valence-corrected chi connectivity index (χ3v) is 4.98. The first-order valence-corrected chi connectivity index (χ1v) is 8.42. The largest absolute Gasteiger partial charge is 0.364 e. The lowest BCUT2D eigenvalue weighted by atomic mass is 10.2. The monoisotopic (exact) mass is 302 g/mol. The van der Waals surface area contributed by atoms with Crippen LogP contribution in [-0.2, 0) is 11.2 Å². The molecule has 0 radical (unpaired) electrons. The smallest absolute Gasteiger partial charge is 0.225 e. The van der Waals surface area contributed by atoms with Gasteiger partial charge < -0.3 is 10.2 Å². The van der Waals surface area contributed by atoms with E-state index in [9.17, 15) is 4.79 Å². The summed E-state index contributed by atoms with van der Waals surface area (Å²) in [6.07, 6.45) is 3.73. The van der Waals surface area contributed by atoms with Gasteiger partial charge in [0.25, 0.3) is 0 Å². The molecule has 6 heteroatoms. The van der Waals surface area contributed by atoms with Gasteiger partial charge in [-0.1, -0.05) is 6.92 Å². The SMILES string of the molecule is CCc1nc(NC2CC(=O)N(C3CC3)C2)c2ccsc2n1.